The topological polar surface area (TPSA) is 38.0 Å². The molecular formula is C14H19ClN2S2. The fourth-order valence-corrected chi connectivity index (χ4v) is 4.02. The SMILES string of the molecule is CCSC1CCC(Nc2cc(Cl)ccc2C(N)=S)C1. The van der Waals surface area contributed by atoms with Gasteiger partial charge in [0.25, 0.3) is 0 Å². The lowest BCUT2D eigenvalue weighted by Gasteiger charge is -2.17. The maximum atomic E-state index is 6.06. The molecule has 0 spiro atoms. The molecule has 1 saturated carbocycles. The van der Waals surface area contributed by atoms with E-state index in [0.29, 0.717) is 16.1 Å². The van der Waals surface area contributed by atoms with Crippen molar-refractivity contribution < 1.29 is 0 Å². The smallest absolute Gasteiger partial charge is 0.106 e. The zero-order chi connectivity index (χ0) is 13.8. The highest BCUT2D eigenvalue weighted by Crippen LogP contribution is 2.32. The van der Waals surface area contributed by atoms with Crippen LogP contribution >= 0.6 is 35.6 Å². The van der Waals surface area contributed by atoms with E-state index in [1.807, 2.05) is 18.2 Å². The molecule has 0 heterocycles. The van der Waals surface area contributed by atoms with E-state index in [0.717, 1.165) is 16.5 Å². The highest BCUT2D eigenvalue weighted by atomic mass is 35.5. The summed E-state index contributed by atoms with van der Waals surface area (Å²) in [5.41, 5.74) is 7.60. The van der Waals surface area contributed by atoms with Crippen LogP contribution in [0.25, 0.3) is 0 Å². The van der Waals surface area contributed by atoms with Crippen LogP contribution in [0, 0.1) is 0 Å². The van der Waals surface area contributed by atoms with Gasteiger partial charge in [0.2, 0.25) is 0 Å². The van der Waals surface area contributed by atoms with E-state index in [1.54, 1.807) is 0 Å². The quantitative estimate of drug-likeness (QED) is 0.804. The highest BCUT2D eigenvalue weighted by Gasteiger charge is 2.25. The van der Waals surface area contributed by atoms with Crippen LogP contribution < -0.4 is 11.1 Å². The minimum atomic E-state index is 0.414. The fourth-order valence-electron chi connectivity index (χ4n) is 2.53. The molecule has 1 aliphatic rings. The van der Waals surface area contributed by atoms with Gasteiger partial charge in [-0.2, -0.15) is 11.8 Å². The molecule has 0 saturated heterocycles. The first-order chi connectivity index (χ1) is 9.10. The lowest BCUT2D eigenvalue weighted by Crippen LogP contribution is -2.20. The lowest BCUT2D eigenvalue weighted by atomic mass is 10.1. The summed E-state index contributed by atoms with van der Waals surface area (Å²) in [5.74, 6) is 1.19. The van der Waals surface area contributed by atoms with E-state index in [9.17, 15) is 0 Å². The lowest BCUT2D eigenvalue weighted by molar-refractivity contribution is 0.757. The molecule has 1 aromatic rings. The third-order valence-electron chi connectivity index (χ3n) is 3.39. The third-order valence-corrected chi connectivity index (χ3v) is 5.08. The molecule has 2 unspecified atom stereocenters. The Morgan fingerprint density at radius 2 is 2.32 bits per heavy atom. The van der Waals surface area contributed by atoms with Crippen LogP contribution in [0.1, 0.15) is 31.7 Å². The van der Waals surface area contributed by atoms with E-state index in [4.69, 9.17) is 29.6 Å². The second kappa shape index (κ2) is 6.82. The van der Waals surface area contributed by atoms with Gasteiger partial charge in [0.05, 0.1) is 0 Å². The molecule has 0 amide bonds. The zero-order valence-corrected chi connectivity index (χ0v) is 13.4. The van der Waals surface area contributed by atoms with Crippen LogP contribution in [-0.4, -0.2) is 22.0 Å². The summed E-state index contributed by atoms with van der Waals surface area (Å²) in [7, 11) is 0. The number of hydrogen-bond donors (Lipinski definition) is 2. The summed E-state index contributed by atoms with van der Waals surface area (Å²) >= 11 is 13.2. The molecule has 1 fully saturated rings. The van der Waals surface area contributed by atoms with Crippen molar-refractivity contribution >= 4 is 46.3 Å². The Morgan fingerprint density at radius 3 is 3.00 bits per heavy atom. The number of hydrogen-bond acceptors (Lipinski definition) is 3. The highest BCUT2D eigenvalue weighted by molar-refractivity contribution is 7.99. The van der Waals surface area contributed by atoms with E-state index < -0.39 is 0 Å². The van der Waals surface area contributed by atoms with Gasteiger partial charge in [0.15, 0.2) is 0 Å². The Kier molecular flexibility index (Phi) is 5.37. The molecule has 2 nitrogen and oxygen atoms in total. The van der Waals surface area contributed by atoms with E-state index in [2.05, 4.69) is 24.0 Å². The molecular weight excluding hydrogens is 296 g/mol. The molecule has 3 N–H and O–H groups in total. The maximum Gasteiger partial charge on any atom is 0.106 e. The molecule has 0 radical (unpaired) electrons. The van der Waals surface area contributed by atoms with Gasteiger partial charge in [0, 0.05) is 27.6 Å². The molecule has 0 bridgehead atoms. The van der Waals surface area contributed by atoms with Crippen LogP contribution in [-0.2, 0) is 0 Å². The Morgan fingerprint density at radius 1 is 1.53 bits per heavy atom. The maximum absolute atomic E-state index is 6.06. The molecule has 19 heavy (non-hydrogen) atoms. The minimum Gasteiger partial charge on any atom is -0.389 e. The Hall–Kier alpha value is -0.450. The van der Waals surface area contributed by atoms with Crippen molar-refractivity contribution in [3.05, 3.63) is 28.8 Å². The standard InChI is InChI=1S/C14H19ClN2S2/c1-2-19-11-5-4-10(8-11)17-13-7-9(15)3-6-12(13)14(16)18/h3,6-7,10-11,17H,2,4-5,8H2,1H3,(H2,16,18). The monoisotopic (exact) mass is 314 g/mol. The predicted molar refractivity (Wildman–Crippen MR) is 90.5 cm³/mol. The molecule has 0 aliphatic heterocycles. The average Bonchev–Trinajstić information content (AvgIpc) is 2.77. The minimum absolute atomic E-state index is 0.414. The van der Waals surface area contributed by atoms with Gasteiger partial charge >= 0.3 is 0 Å². The van der Waals surface area contributed by atoms with Gasteiger partial charge in [-0.3, -0.25) is 0 Å². The Bertz CT molecular complexity index is 465. The number of nitrogens with one attached hydrogen (secondary N) is 1. The molecule has 0 aromatic heterocycles. The van der Waals surface area contributed by atoms with Crippen molar-refractivity contribution in [2.75, 3.05) is 11.1 Å². The largest absolute Gasteiger partial charge is 0.389 e. The molecule has 1 aromatic carbocycles. The van der Waals surface area contributed by atoms with Crippen molar-refractivity contribution in [1.29, 1.82) is 0 Å². The summed E-state index contributed by atoms with van der Waals surface area (Å²) in [6.07, 6.45) is 3.67. The number of nitrogens with two attached hydrogens (primary N) is 1. The predicted octanol–water partition coefficient (Wildman–Crippen LogP) is 4.06. The number of thioether (sulfide) groups is 1. The van der Waals surface area contributed by atoms with Crippen molar-refractivity contribution in [2.45, 2.75) is 37.5 Å². The van der Waals surface area contributed by atoms with Crippen LogP contribution in [0.2, 0.25) is 5.02 Å². The van der Waals surface area contributed by atoms with Crippen LogP contribution in [0.4, 0.5) is 5.69 Å². The zero-order valence-electron chi connectivity index (χ0n) is 11.0. The van der Waals surface area contributed by atoms with Gasteiger partial charge < -0.3 is 11.1 Å². The van der Waals surface area contributed by atoms with Crippen LogP contribution in [0.15, 0.2) is 18.2 Å². The molecule has 2 atom stereocenters. The average molecular weight is 315 g/mol. The van der Waals surface area contributed by atoms with Crippen LogP contribution in [0.3, 0.4) is 0 Å². The molecule has 2 rings (SSSR count). The van der Waals surface area contributed by atoms with Crippen molar-refractivity contribution in [2.24, 2.45) is 5.73 Å². The fraction of sp³-hybridized carbons (Fsp3) is 0.500. The van der Waals surface area contributed by atoms with Crippen molar-refractivity contribution in [3.63, 3.8) is 0 Å². The van der Waals surface area contributed by atoms with Gasteiger partial charge in [-0.15, -0.1) is 0 Å². The summed E-state index contributed by atoms with van der Waals surface area (Å²) in [6, 6.07) is 6.12. The van der Waals surface area contributed by atoms with Gasteiger partial charge in [0.1, 0.15) is 4.99 Å². The van der Waals surface area contributed by atoms with E-state index >= 15 is 0 Å². The van der Waals surface area contributed by atoms with E-state index in [-0.39, 0.29) is 0 Å². The first kappa shape index (κ1) is 14.9. The Labute approximate surface area is 129 Å². The van der Waals surface area contributed by atoms with Gasteiger partial charge in [-0.1, -0.05) is 30.7 Å². The normalized spacial score (nSPS) is 22.4. The van der Waals surface area contributed by atoms with Gasteiger partial charge in [-0.05, 0) is 43.2 Å². The first-order valence-corrected chi connectivity index (χ1v) is 8.41. The first-order valence-electron chi connectivity index (χ1n) is 6.57. The second-order valence-corrected chi connectivity index (χ2v) is 7.24. The molecule has 104 valence electrons. The number of rotatable bonds is 5. The second-order valence-electron chi connectivity index (χ2n) is 4.79. The number of anilines is 1. The number of thiocarbonyl (C=S) groups is 1. The summed E-state index contributed by atoms with van der Waals surface area (Å²) in [5, 5.41) is 5.04. The summed E-state index contributed by atoms with van der Waals surface area (Å²) < 4.78 is 0. The third kappa shape index (κ3) is 4.01. The molecule has 5 heteroatoms. The molecule has 1 aliphatic carbocycles. The van der Waals surface area contributed by atoms with Crippen LogP contribution in [0.5, 0.6) is 0 Å². The van der Waals surface area contributed by atoms with Gasteiger partial charge in [-0.25, -0.2) is 0 Å². The van der Waals surface area contributed by atoms with Crippen molar-refractivity contribution in [3.8, 4) is 0 Å². The number of benzene rings is 1. The van der Waals surface area contributed by atoms with E-state index in [1.165, 1.54) is 25.0 Å². The number of halogens is 1. The summed E-state index contributed by atoms with van der Waals surface area (Å²) in [6.45, 7) is 2.22. The summed E-state index contributed by atoms with van der Waals surface area (Å²) in [4.78, 5) is 0.414. The Balaban J connectivity index is 2.07. The van der Waals surface area contributed by atoms with Crippen molar-refractivity contribution in [1.82, 2.24) is 0 Å².